The van der Waals surface area contributed by atoms with Gasteiger partial charge in [0.15, 0.2) is 0 Å². The van der Waals surface area contributed by atoms with Crippen LogP contribution in [0, 0.1) is 5.82 Å². The van der Waals surface area contributed by atoms with Crippen molar-refractivity contribution in [2.75, 3.05) is 31.6 Å². The molecule has 156 valence electrons. The van der Waals surface area contributed by atoms with Gasteiger partial charge in [0.05, 0.1) is 19.3 Å². The number of nitrogens with one attached hydrogen (secondary N) is 1. The van der Waals surface area contributed by atoms with Gasteiger partial charge in [-0.2, -0.15) is 0 Å². The molecule has 1 aliphatic heterocycles. The number of rotatable bonds is 6. The van der Waals surface area contributed by atoms with Gasteiger partial charge in [0, 0.05) is 29.1 Å². The first-order valence-electron chi connectivity index (χ1n) is 10.2. The molecule has 4 nitrogen and oxygen atoms in total. The lowest BCUT2D eigenvalue weighted by Gasteiger charge is -2.35. The summed E-state index contributed by atoms with van der Waals surface area (Å²) >= 11 is 1.61. The molecular formula is C24H25FN2O2S. The van der Waals surface area contributed by atoms with Crippen molar-refractivity contribution in [1.29, 1.82) is 0 Å². The first-order chi connectivity index (χ1) is 14.7. The van der Waals surface area contributed by atoms with E-state index in [0.29, 0.717) is 18.8 Å². The number of carbonyl (C=O) groups is 1. The monoisotopic (exact) mass is 424 g/mol. The van der Waals surface area contributed by atoms with E-state index in [4.69, 9.17) is 4.74 Å². The molecule has 1 aromatic heterocycles. The standard InChI is InChI=1S/C24H25FN2O2S/c1-2-20-16-21(24(30-20)26-23(28)18-6-4-3-5-7-18)22(27-12-14-29-15-13-27)17-8-10-19(25)11-9-17/h3-11,16,22H,2,12-15H2,1H3,(H,26,28)/t22-/m0/s1. The van der Waals surface area contributed by atoms with E-state index < -0.39 is 0 Å². The third-order valence-corrected chi connectivity index (χ3v) is 6.53. The SMILES string of the molecule is CCc1cc([C@H](c2ccc(F)cc2)N2CCOCC2)c(NC(=O)c2ccccc2)s1. The Kier molecular flexibility index (Phi) is 6.57. The van der Waals surface area contributed by atoms with Gasteiger partial charge in [0.1, 0.15) is 10.8 Å². The van der Waals surface area contributed by atoms with Crippen molar-refractivity contribution in [3.63, 3.8) is 0 Å². The number of nitrogens with zero attached hydrogens (tertiary/aromatic N) is 1. The second kappa shape index (κ2) is 9.51. The molecule has 4 rings (SSSR count). The van der Waals surface area contributed by atoms with Gasteiger partial charge in [-0.05, 0) is 42.3 Å². The van der Waals surface area contributed by atoms with Crippen LogP contribution in [0.4, 0.5) is 9.39 Å². The van der Waals surface area contributed by atoms with Gasteiger partial charge in [-0.3, -0.25) is 9.69 Å². The van der Waals surface area contributed by atoms with Gasteiger partial charge in [-0.25, -0.2) is 4.39 Å². The van der Waals surface area contributed by atoms with Crippen LogP contribution in [0.1, 0.15) is 39.3 Å². The molecule has 1 saturated heterocycles. The van der Waals surface area contributed by atoms with Gasteiger partial charge >= 0.3 is 0 Å². The van der Waals surface area contributed by atoms with E-state index in [0.717, 1.165) is 35.6 Å². The summed E-state index contributed by atoms with van der Waals surface area (Å²) in [6, 6.07) is 18.0. The Hall–Kier alpha value is -2.54. The number of ether oxygens (including phenoxy) is 1. The number of aryl methyl sites for hydroxylation is 1. The summed E-state index contributed by atoms with van der Waals surface area (Å²) in [7, 11) is 0. The van der Waals surface area contributed by atoms with E-state index >= 15 is 0 Å². The number of carbonyl (C=O) groups excluding carboxylic acids is 1. The molecule has 2 heterocycles. The summed E-state index contributed by atoms with van der Waals surface area (Å²) in [4.78, 5) is 16.4. The third-order valence-electron chi connectivity index (χ3n) is 5.31. The molecule has 0 aliphatic carbocycles. The number of amides is 1. The predicted octanol–water partition coefficient (Wildman–Crippen LogP) is 5.12. The van der Waals surface area contributed by atoms with E-state index in [1.54, 1.807) is 11.3 Å². The molecule has 1 amide bonds. The molecule has 1 fully saturated rings. The molecule has 0 radical (unpaired) electrons. The van der Waals surface area contributed by atoms with Crippen LogP contribution in [0.3, 0.4) is 0 Å². The fourth-order valence-corrected chi connectivity index (χ4v) is 4.79. The second-order valence-corrected chi connectivity index (χ2v) is 8.41. The van der Waals surface area contributed by atoms with E-state index in [-0.39, 0.29) is 17.8 Å². The first-order valence-corrected chi connectivity index (χ1v) is 11.0. The van der Waals surface area contributed by atoms with Crippen LogP contribution in [0.15, 0.2) is 60.7 Å². The van der Waals surface area contributed by atoms with Crippen LogP contribution in [0.25, 0.3) is 0 Å². The molecule has 0 spiro atoms. The molecule has 1 N–H and O–H groups in total. The average molecular weight is 425 g/mol. The highest BCUT2D eigenvalue weighted by Gasteiger charge is 2.28. The molecule has 30 heavy (non-hydrogen) atoms. The Morgan fingerprint density at radius 1 is 1.13 bits per heavy atom. The van der Waals surface area contributed by atoms with Crippen molar-refractivity contribution < 1.29 is 13.9 Å². The van der Waals surface area contributed by atoms with E-state index in [2.05, 4.69) is 23.2 Å². The minimum atomic E-state index is -0.253. The highest BCUT2D eigenvalue weighted by Crippen LogP contribution is 2.40. The summed E-state index contributed by atoms with van der Waals surface area (Å²) in [6.45, 7) is 5.00. The molecule has 3 aromatic rings. The highest BCUT2D eigenvalue weighted by molar-refractivity contribution is 7.16. The zero-order valence-electron chi connectivity index (χ0n) is 16.9. The number of anilines is 1. The lowest BCUT2D eigenvalue weighted by Crippen LogP contribution is -2.39. The third kappa shape index (κ3) is 4.61. The first kappa shape index (κ1) is 20.7. The highest BCUT2D eigenvalue weighted by atomic mass is 32.1. The number of morpholine rings is 1. The van der Waals surface area contributed by atoms with Crippen LogP contribution in [-0.4, -0.2) is 37.1 Å². The van der Waals surface area contributed by atoms with Gasteiger partial charge in [-0.1, -0.05) is 37.3 Å². The molecule has 0 unspecified atom stereocenters. The average Bonchev–Trinajstić information content (AvgIpc) is 3.19. The van der Waals surface area contributed by atoms with Crippen molar-refractivity contribution in [2.24, 2.45) is 0 Å². The Labute approximate surface area is 180 Å². The van der Waals surface area contributed by atoms with Crippen LogP contribution in [0.5, 0.6) is 0 Å². The summed E-state index contributed by atoms with van der Waals surface area (Å²) in [6.07, 6.45) is 0.887. The summed E-state index contributed by atoms with van der Waals surface area (Å²) in [5.41, 5.74) is 2.68. The molecule has 0 saturated carbocycles. The van der Waals surface area contributed by atoms with Gasteiger partial charge in [0.2, 0.25) is 0 Å². The molecule has 6 heteroatoms. The molecule has 1 aliphatic rings. The van der Waals surface area contributed by atoms with Crippen LogP contribution in [-0.2, 0) is 11.2 Å². The molecule has 0 bridgehead atoms. The predicted molar refractivity (Wildman–Crippen MR) is 119 cm³/mol. The maximum atomic E-state index is 13.6. The number of benzene rings is 2. The molecule has 2 aromatic carbocycles. The minimum Gasteiger partial charge on any atom is -0.379 e. The zero-order valence-corrected chi connectivity index (χ0v) is 17.8. The van der Waals surface area contributed by atoms with Crippen LogP contribution < -0.4 is 5.32 Å². The second-order valence-electron chi connectivity index (χ2n) is 7.27. The van der Waals surface area contributed by atoms with Gasteiger partial charge in [0.25, 0.3) is 5.91 Å². The van der Waals surface area contributed by atoms with Crippen molar-refractivity contribution in [2.45, 2.75) is 19.4 Å². The lowest BCUT2D eigenvalue weighted by molar-refractivity contribution is 0.0241. The number of thiophene rings is 1. The fourth-order valence-electron chi connectivity index (χ4n) is 3.77. The van der Waals surface area contributed by atoms with Gasteiger partial charge < -0.3 is 10.1 Å². The summed E-state index contributed by atoms with van der Waals surface area (Å²) in [5.74, 6) is -0.377. The Bertz CT molecular complexity index is 982. The van der Waals surface area contributed by atoms with Gasteiger partial charge in [-0.15, -0.1) is 11.3 Å². The normalized spacial score (nSPS) is 15.7. The smallest absolute Gasteiger partial charge is 0.256 e. The number of halogens is 1. The van der Waals surface area contributed by atoms with Crippen LogP contribution in [0.2, 0.25) is 0 Å². The van der Waals surface area contributed by atoms with E-state index in [1.165, 1.54) is 17.0 Å². The number of hydrogen-bond donors (Lipinski definition) is 1. The Morgan fingerprint density at radius 2 is 1.83 bits per heavy atom. The minimum absolute atomic E-state index is 0.0721. The van der Waals surface area contributed by atoms with Crippen molar-refractivity contribution in [1.82, 2.24) is 4.90 Å². The maximum absolute atomic E-state index is 13.6. The molecular weight excluding hydrogens is 399 g/mol. The molecule has 1 atom stereocenters. The fraction of sp³-hybridized carbons (Fsp3) is 0.292. The lowest BCUT2D eigenvalue weighted by atomic mass is 9.97. The van der Waals surface area contributed by atoms with E-state index in [9.17, 15) is 9.18 Å². The largest absolute Gasteiger partial charge is 0.379 e. The summed E-state index contributed by atoms with van der Waals surface area (Å²) < 4.78 is 19.2. The van der Waals surface area contributed by atoms with Crippen molar-refractivity contribution >= 4 is 22.2 Å². The van der Waals surface area contributed by atoms with Crippen LogP contribution >= 0.6 is 11.3 Å². The quantitative estimate of drug-likeness (QED) is 0.597. The zero-order chi connectivity index (χ0) is 20.9. The summed E-state index contributed by atoms with van der Waals surface area (Å²) in [5, 5.41) is 3.98. The van der Waals surface area contributed by atoms with E-state index in [1.807, 2.05) is 42.5 Å². The Balaban J connectivity index is 1.73. The topological polar surface area (TPSA) is 41.6 Å². The Morgan fingerprint density at radius 3 is 2.50 bits per heavy atom. The van der Waals surface area contributed by atoms with Crippen molar-refractivity contribution in [3.05, 3.63) is 88.0 Å². The maximum Gasteiger partial charge on any atom is 0.256 e. The number of hydrogen-bond acceptors (Lipinski definition) is 4. The van der Waals surface area contributed by atoms with Crippen molar-refractivity contribution in [3.8, 4) is 0 Å².